The smallest absolute Gasteiger partial charge is 0.257 e. The molecular formula is C22H18ClFN4O2. The number of aromatic nitrogens is 2. The summed E-state index contributed by atoms with van der Waals surface area (Å²) in [4.78, 5) is 32.8. The average molecular weight is 425 g/mol. The molecule has 152 valence electrons. The highest BCUT2D eigenvalue weighted by molar-refractivity contribution is 6.30. The van der Waals surface area contributed by atoms with Crippen molar-refractivity contribution in [1.29, 1.82) is 0 Å². The van der Waals surface area contributed by atoms with Gasteiger partial charge < -0.3 is 14.8 Å². The van der Waals surface area contributed by atoms with Crippen molar-refractivity contribution >= 4 is 29.1 Å². The molecule has 2 aromatic carbocycles. The first-order chi connectivity index (χ1) is 14.4. The van der Waals surface area contributed by atoms with E-state index in [0.717, 1.165) is 17.3 Å². The minimum atomic E-state index is -0.992. The second-order valence-electron chi connectivity index (χ2n) is 7.64. The van der Waals surface area contributed by atoms with E-state index in [-0.39, 0.29) is 16.5 Å². The number of para-hydroxylation sites is 1. The maximum Gasteiger partial charge on any atom is 0.257 e. The van der Waals surface area contributed by atoms with Gasteiger partial charge in [0.1, 0.15) is 23.1 Å². The van der Waals surface area contributed by atoms with Crippen LogP contribution in [-0.2, 0) is 17.3 Å². The fraction of sp³-hybridized carbons (Fsp3) is 0.227. The quantitative estimate of drug-likeness (QED) is 0.682. The number of carbonyl (C=O) groups is 2. The number of benzene rings is 2. The summed E-state index contributed by atoms with van der Waals surface area (Å²) in [6.45, 7) is 0.292. The van der Waals surface area contributed by atoms with Crippen LogP contribution in [0.15, 0.2) is 54.9 Å². The first-order valence-corrected chi connectivity index (χ1v) is 9.95. The van der Waals surface area contributed by atoms with Crippen LogP contribution in [-0.4, -0.2) is 32.8 Å². The van der Waals surface area contributed by atoms with E-state index in [2.05, 4.69) is 10.3 Å². The third-order valence-corrected chi connectivity index (χ3v) is 6.35. The number of halogens is 2. The van der Waals surface area contributed by atoms with Crippen molar-refractivity contribution in [1.82, 2.24) is 14.5 Å². The molecule has 2 atom stereocenters. The molecule has 5 rings (SSSR count). The molecule has 1 N–H and O–H groups in total. The zero-order valence-electron chi connectivity index (χ0n) is 16.1. The van der Waals surface area contributed by atoms with Gasteiger partial charge in [0.05, 0.1) is 5.56 Å². The predicted molar refractivity (Wildman–Crippen MR) is 110 cm³/mol. The highest BCUT2D eigenvalue weighted by Crippen LogP contribution is 2.54. The Kier molecular flexibility index (Phi) is 4.18. The summed E-state index contributed by atoms with van der Waals surface area (Å²) in [5.41, 5.74) is 0.486. The van der Waals surface area contributed by atoms with Crippen LogP contribution >= 0.6 is 11.6 Å². The lowest BCUT2D eigenvalue weighted by Gasteiger charge is -2.33. The normalized spacial score (nSPS) is 22.4. The lowest BCUT2D eigenvalue weighted by atomic mass is 9.74. The molecule has 0 unspecified atom stereocenters. The van der Waals surface area contributed by atoms with E-state index in [1.54, 1.807) is 21.9 Å². The van der Waals surface area contributed by atoms with Gasteiger partial charge in [0.25, 0.3) is 5.91 Å². The van der Waals surface area contributed by atoms with Crippen LogP contribution < -0.4 is 5.32 Å². The minimum Gasteiger partial charge on any atom is -0.336 e. The van der Waals surface area contributed by atoms with Crippen LogP contribution in [0.2, 0.25) is 5.02 Å². The van der Waals surface area contributed by atoms with Gasteiger partial charge in [0.15, 0.2) is 0 Å². The van der Waals surface area contributed by atoms with Gasteiger partial charge in [0.2, 0.25) is 5.91 Å². The molecule has 2 aliphatic heterocycles. The first-order valence-electron chi connectivity index (χ1n) is 9.57. The van der Waals surface area contributed by atoms with Gasteiger partial charge in [0, 0.05) is 36.7 Å². The van der Waals surface area contributed by atoms with Crippen molar-refractivity contribution in [3.05, 3.63) is 82.6 Å². The number of fused-ring (bicyclic) bond motifs is 2. The molecule has 0 aliphatic carbocycles. The second-order valence-corrected chi connectivity index (χ2v) is 8.08. The van der Waals surface area contributed by atoms with Gasteiger partial charge in [-0.15, -0.1) is 0 Å². The van der Waals surface area contributed by atoms with Crippen LogP contribution in [0, 0.1) is 5.82 Å². The van der Waals surface area contributed by atoms with Crippen molar-refractivity contribution in [3.63, 3.8) is 0 Å². The summed E-state index contributed by atoms with van der Waals surface area (Å²) in [5.74, 6) is -0.791. The average Bonchev–Trinajstić information content (AvgIpc) is 3.39. The number of anilines is 1. The molecule has 8 heteroatoms. The van der Waals surface area contributed by atoms with Crippen LogP contribution in [0.5, 0.6) is 0 Å². The molecule has 30 heavy (non-hydrogen) atoms. The van der Waals surface area contributed by atoms with Crippen molar-refractivity contribution in [2.75, 3.05) is 11.9 Å². The Labute approximate surface area is 177 Å². The molecular weight excluding hydrogens is 407 g/mol. The first kappa shape index (κ1) is 18.8. The Balaban J connectivity index is 1.68. The summed E-state index contributed by atoms with van der Waals surface area (Å²) >= 11 is 5.85. The molecule has 3 heterocycles. The topological polar surface area (TPSA) is 67.2 Å². The van der Waals surface area contributed by atoms with E-state index < -0.39 is 23.2 Å². The highest BCUT2D eigenvalue weighted by Gasteiger charge is 2.60. The summed E-state index contributed by atoms with van der Waals surface area (Å²) in [6.07, 6.45) is 3.81. The number of imidazole rings is 1. The Bertz CT molecular complexity index is 1190. The molecule has 1 spiro atoms. The largest absolute Gasteiger partial charge is 0.336 e. The van der Waals surface area contributed by atoms with Gasteiger partial charge in [-0.2, -0.15) is 0 Å². The van der Waals surface area contributed by atoms with Crippen LogP contribution in [0.4, 0.5) is 10.1 Å². The number of hydrogen-bond donors (Lipinski definition) is 1. The number of likely N-dealkylation sites (tertiary alicyclic amines) is 1. The fourth-order valence-electron chi connectivity index (χ4n) is 4.72. The number of amides is 2. The number of aryl methyl sites for hydroxylation is 1. The SMILES string of the molecule is Cn1ccnc1[C@@H]1N(C(=O)c2ccc(Cl)cc2F)CC[C@]12C(=O)Nc1ccccc12. The van der Waals surface area contributed by atoms with Crippen LogP contribution in [0.1, 0.15) is 34.2 Å². The van der Waals surface area contributed by atoms with Crippen molar-refractivity contribution in [2.24, 2.45) is 7.05 Å². The molecule has 3 aromatic rings. The molecule has 0 radical (unpaired) electrons. The van der Waals surface area contributed by atoms with Gasteiger partial charge in [-0.3, -0.25) is 9.59 Å². The Hall–Kier alpha value is -3.19. The summed E-state index contributed by atoms with van der Waals surface area (Å²) in [6, 6.07) is 10.8. The molecule has 1 saturated heterocycles. The molecule has 0 bridgehead atoms. The molecule has 0 saturated carbocycles. The maximum atomic E-state index is 14.6. The molecule has 6 nitrogen and oxygen atoms in total. The number of nitrogens with one attached hydrogen (secondary N) is 1. The molecule has 1 fully saturated rings. The standard InChI is InChI=1S/C22H18ClFN4O2/c1-27-11-9-25-19(27)18-22(15-4-2-3-5-17(15)26-21(22)30)8-10-28(18)20(29)14-7-6-13(23)12-16(14)24/h2-7,9,11-12,18H,8,10H2,1H3,(H,26,30)/t18-,22+/m0/s1. The van der Waals surface area contributed by atoms with Gasteiger partial charge in [-0.25, -0.2) is 9.37 Å². The van der Waals surface area contributed by atoms with Crippen molar-refractivity contribution in [3.8, 4) is 0 Å². The summed E-state index contributed by atoms with van der Waals surface area (Å²) < 4.78 is 16.4. The fourth-order valence-corrected chi connectivity index (χ4v) is 4.88. The maximum absolute atomic E-state index is 14.6. The van der Waals surface area contributed by atoms with Gasteiger partial charge in [-0.1, -0.05) is 29.8 Å². The van der Waals surface area contributed by atoms with Gasteiger partial charge >= 0.3 is 0 Å². The van der Waals surface area contributed by atoms with E-state index in [1.807, 2.05) is 31.3 Å². The number of carbonyl (C=O) groups excluding carboxylic acids is 2. The summed E-state index contributed by atoms with van der Waals surface area (Å²) in [7, 11) is 1.82. The van der Waals surface area contributed by atoms with E-state index in [4.69, 9.17) is 11.6 Å². The van der Waals surface area contributed by atoms with Crippen molar-refractivity contribution < 1.29 is 14.0 Å². The third-order valence-electron chi connectivity index (χ3n) is 6.11. The molecule has 2 amide bonds. The van der Waals surface area contributed by atoms with Crippen LogP contribution in [0.25, 0.3) is 0 Å². The highest BCUT2D eigenvalue weighted by atomic mass is 35.5. The Morgan fingerprint density at radius 3 is 2.83 bits per heavy atom. The number of rotatable bonds is 2. The zero-order chi connectivity index (χ0) is 21.0. The minimum absolute atomic E-state index is 0.0812. The monoisotopic (exact) mass is 424 g/mol. The molecule has 1 aromatic heterocycles. The lowest BCUT2D eigenvalue weighted by molar-refractivity contribution is -0.121. The molecule has 2 aliphatic rings. The van der Waals surface area contributed by atoms with Gasteiger partial charge in [-0.05, 0) is 36.2 Å². The van der Waals surface area contributed by atoms with E-state index in [9.17, 15) is 14.0 Å². The van der Waals surface area contributed by atoms with Crippen molar-refractivity contribution in [2.45, 2.75) is 17.9 Å². The van der Waals surface area contributed by atoms with E-state index >= 15 is 0 Å². The Morgan fingerprint density at radius 2 is 2.10 bits per heavy atom. The number of hydrogen-bond acceptors (Lipinski definition) is 3. The second kappa shape index (κ2) is 6.67. The number of nitrogens with zero attached hydrogens (tertiary/aromatic N) is 3. The zero-order valence-corrected chi connectivity index (χ0v) is 16.9. The van der Waals surface area contributed by atoms with E-state index in [1.165, 1.54) is 12.1 Å². The van der Waals surface area contributed by atoms with E-state index in [0.29, 0.717) is 18.8 Å². The summed E-state index contributed by atoms with van der Waals surface area (Å²) in [5, 5.41) is 3.17. The predicted octanol–water partition coefficient (Wildman–Crippen LogP) is 3.69. The third kappa shape index (κ3) is 2.51. The lowest BCUT2D eigenvalue weighted by Crippen LogP contribution is -2.44. The van der Waals surface area contributed by atoms with Crippen LogP contribution in [0.3, 0.4) is 0 Å². The Morgan fingerprint density at radius 1 is 1.30 bits per heavy atom.